The summed E-state index contributed by atoms with van der Waals surface area (Å²) in [5, 5.41) is 35.3. The number of aliphatic hydroxyl groups excluding tert-OH is 2. The summed E-state index contributed by atoms with van der Waals surface area (Å²) >= 11 is 0. The van der Waals surface area contributed by atoms with Gasteiger partial charge in [0.2, 0.25) is 5.91 Å². The van der Waals surface area contributed by atoms with Crippen molar-refractivity contribution in [1.29, 1.82) is 5.26 Å². The average molecular weight is 549 g/mol. The highest BCUT2D eigenvalue weighted by Crippen LogP contribution is 2.47. The molecule has 3 aromatic rings. The molecule has 1 saturated heterocycles. The first-order chi connectivity index (χ1) is 19.3. The van der Waals surface area contributed by atoms with Crippen LogP contribution in [0.25, 0.3) is 11.1 Å². The maximum absolute atomic E-state index is 14.8. The van der Waals surface area contributed by atoms with Gasteiger partial charge in [-0.25, -0.2) is 9.37 Å². The monoisotopic (exact) mass is 548 g/mol. The lowest BCUT2D eigenvalue weighted by molar-refractivity contribution is -0.146. The van der Waals surface area contributed by atoms with Crippen LogP contribution in [0.15, 0.2) is 48.9 Å². The standard InChI is InChI=1S/C28H29FN6O5/c1-34-13-19(12-32-34)20-10-21(20)27(38)33-26-9-17(4-6-31-26)16-2-3-24(18(8-16)11-30)40-25-5-7-35(14-22(25)29)28(39)23(37)15-36/h2-4,6,8-9,12-13,20-23,25,36-37H,5,7,10,14-15H2,1H3,(H,31,33,38)/t20-,21+,22+,23-,25-/m0/s1. The van der Waals surface area contributed by atoms with Gasteiger partial charge in [-0.05, 0) is 53.3 Å². The molecule has 3 heterocycles. The number of alkyl halides is 1. The largest absolute Gasteiger partial charge is 0.486 e. The van der Waals surface area contributed by atoms with Gasteiger partial charge in [0.25, 0.3) is 5.91 Å². The number of aromatic nitrogens is 3. The molecular formula is C28H29FN6O5. The van der Waals surface area contributed by atoms with E-state index in [4.69, 9.17) is 9.84 Å². The Bertz CT molecular complexity index is 1450. The lowest BCUT2D eigenvalue weighted by atomic mass is 10.0. The van der Waals surface area contributed by atoms with Crippen LogP contribution in [0.3, 0.4) is 0 Å². The van der Waals surface area contributed by atoms with Crippen LogP contribution in [0.2, 0.25) is 0 Å². The van der Waals surface area contributed by atoms with E-state index < -0.39 is 30.9 Å². The number of amides is 2. The zero-order valence-corrected chi connectivity index (χ0v) is 21.8. The van der Waals surface area contributed by atoms with Gasteiger partial charge in [0, 0.05) is 38.3 Å². The Morgan fingerprint density at radius 1 is 1.30 bits per heavy atom. The van der Waals surface area contributed by atoms with Crippen molar-refractivity contribution in [3.63, 3.8) is 0 Å². The molecule has 1 saturated carbocycles. The van der Waals surface area contributed by atoms with E-state index in [2.05, 4.69) is 21.5 Å². The Morgan fingerprint density at radius 3 is 2.80 bits per heavy atom. The van der Waals surface area contributed by atoms with Crippen LogP contribution in [0.5, 0.6) is 5.75 Å². The number of aryl methyl sites for hydroxylation is 1. The Balaban J connectivity index is 1.23. The molecule has 0 spiro atoms. The number of ether oxygens (including phenoxy) is 1. The van der Waals surface area contributed by atoms with E-state index in [-0.39, 0.29) is 48.6 Å². The molecule has 208 valence electrons. The molecule has 2 amide bonds. The third kappa shape index (κ3) is 5.80. The van der Waals surface area contributed by atoms with Crippen LogP contribution in [0.4, 0.5) is 10.2 Å². The number of hydrogen-bond acceptors (Lipinski definition) is 8. The number of pyridine rings is 1. The summed E-state index contributed by atoms with van der Waals surface area (Å²) in [4.78, 5) is 30.2. The maximum atomic E-state index is 14.8. The fourth-order valence-corrected chi connectivity index (χ4v) is 4.95. The molecular weight excluding hydrogens is 519 g/mol. The van der Waals surface area contributed by atoms with Crippen molar-refractivity contribution in [3.8, 4) is 22.9 Å². The molecule has 1 aliphatic heterocycles. The summed E-state index contributed by atoms with van der Waals surface area (Å²) in [6, 6.07) is 10.5. The van der Waals surface area contributed by atoms with Crippen molar-refractivity contribution < 1.29 is 28.9 Å². The van der Waals surface area contributed by atoms with E-state index in [1.807, 2.05) is 13.2 Å². The zero-order valence-electron chi connectivity index (χ0n) is 21.8. The number of aliphatic hydroxyl groups is 2. The molecule has 5 rings (SSSR count). The number of piperidine rings is 1. The number of hydrogen-bond donors (Lipinski definition) is 3. The SMILES string of the molecule is Cn1cc([C@@H]2C[C@H]2C(=O)Nc2cc(-c3ccc(O[C@H]4CCN(C(=O)[C@@H](O)CO)C[C@H]4F)c(C#N)c3)ccn2)cn1. The molecule has 12 heteroatoms. The number of nitriles is 1. The molecule has 1 aliphatic carbocycles. The molecule has 2 fully saturated rings. The van der Waals surface area contributed by atoms with Gasteiger partial charge >= 0.3 is 0 Å². The average Bonchev–Trinajstić information content (AvgIpc) is 3.66. The number of rotatable bonds is 8. The highest BCUT2D eigenvalue weighted by Gasteiger charge is 2.44. The summed E-state index contributed by atoms with van der Waals surface area (Å²) < 4.78 is 22.4. The van der Waals surface area contributed by atoms with E-state index >= 15 is 0 Å². The third-order valence-electron chi connectivity index (χ3n) is 7.25. The van der Waals surface area contributed by atoms with Gasteiger partial charge in [0.15, 0.2) is 12.3 Å². The fourth-order valence-electron chi connectivity index (χ4n) is 4.95. The lowest BCUT2D eigenvalue weighted by Gasteiger charge is -2.35. The molecule has 40 heavy (non-hydrogen) atoms. The number of likely N-dealkylation sites (tertiary alicyclic amines) is 1. The first-order valence-corrected chi connectivity index (χ1v) is 13.0. The van der Waals surface area contributed by atoms with Crippen molar-refractivity contribution in [3.05, 3.63) is 60.0 Å². The number of anilines is 1. The van der Waals surface area contributed by atoms with Crippen molar-refractivity contribution >= 4 is 17.6 Å². The fraction of sp³-hybridized carbons (Fsp3) is 0.393. The Hall–Kier alpha value is -4.34. The molecule has 0 unspecified atom stereocenters. The molecule has 11 nitrogen and oxygen atoms in total. The minimum atomic E-state index is -1.58. The number of carbonyl (C=O) groups excluding carboxylic acids is 2. The van der Waals surface area contributed by atoms with Crippen LogP contribution < -0.4 is 10.1 Å². The normalized spacial score (nSPS) is 22.7. The number of carbonyl (C=O) groups is 2. The number of halogens is 1. The van der Waals surface area contributed by atoms with Gasteiger partial charge in [-0.1, -0.05) is 6.07 Å². The highest BCUT2D eigenvalue weighted by atomic mass is 19.1. The minimum absolute atomic E-state index is 0.112. The van der Waals surface area contributed by atoms with Gasteiger partial charge in [-0.15, -0.1) is 0 Å². The molecule has 3 N–H and O–H groups in total. The van der Waals surface area contributed by atoms with Crippen LogP contribution >= 0.6 is 0 Å². The van der Waals surface area contributed by atoms with Crippen molar-refractivity contribution in [2.24, 2.45) is 13.0 Å². The Labute approximate surface area is 229 Å². The van der Waals surface area contributed by atoms with Crippen LogP contribution in [-0.2, 0) is 16.6 Å². The topological polar surface area (TPSA) is 154 Å². The van der Waals surface area contributed by atoms with Crippen molar-refractivity contribution in [1.82, 2.24) is 19.7 Å². The molecule has 1 aromatic carbocycles. The zero-order chi connectivity index (χ0) is 28.4. The van der Waals surface area contributed by atoms with E-state index in [1.165, 1.54) is 0 Å². The van der Waals surface area contributed by atoms with Crippen LogP contribution in [-0.4, -0.2) is 79.8 Å². The Kier molecular flexibility index (Phi) is 7.77. The predicted octanol–water partition coefficient (Wildman–Crippen LogP) is 1.77. The molecule has 0 radical (unpaired) electrons. The first kappa shape index (κ1) is 27.2. The first-order valence-electron chi connectivity index (χ1n) is 13.0. The predicted molar refractivity (Wildman–Crippen MR) is 141 cm³/mol. The minimum Gasteiger partial charge on any atom is -0.486 e. The summed E-state index contributed by atoms with van der Waals surface area (Å²) in [6.45, 7) is -0.866. The molecule has 5 atom stereocenters. The smallest absolute Gasteiger partial charge is 0.253 e. The third-order valence-corrected chi connectivity index (χ3v) is 7.25. The summed E-state index contributed by atoms with van der Waals surface area (Å²) in [5.41, 5.74) is 2.66. The second-order valence-electron chi connectivity index (χ2n) is 10.1. The summed E-state index contributed by atoms with van der Waals surface area (Å²) in [6.07, 6.45) is 2.18. The van der Waals surface area contributed by atoms with Gasteiger partial charge in [0.1, 0.15) is 23.7 Å². The van der Waals surface area contributed by atoms with E-state index in [0.29, 0.717) is 11.4 Å². The van der Waals surface area contributed by atoms with Gasteiger partial charge in [0.05, 0.1) is 24.9 Å². The summed E-state index contributed by atoms with van der Waals surface area (Å²) in [5.74, 6) is -0.229. The second-order valence-corrected chi connectivity index (χ2v) is 10.1. The number of benzene rings is 1. The number of nitrogens with zero attached hydrogens (tertiary/aromatic N) is 5. The van der Waals surface area contributed by atoms with E-state index in [0.717, 1.165) is 22.4 Å². The maximum Gasteiger partial charge on any atom is 0.253 e. The van der Waals surface area contributed by atoms with Crippen LogP contribution in [0, 0.1) is 17.2 Å². The Morgan fingerprint density at radius 2 is 2.10 bits per heavy atom. The molecule has 0 bridgehead atoms. The van der Waals surface area contributed by atoms with Gasteiger partial charge < -0.3 is 25.2 Å². The summed E-state index contributed by atoms with van der Waals surface area (Å²) in [7, 11) is 1.84. The van der Waals surface area contributed by atoms with Gasteiger partial charge in [-0.3, -0.25) is 14.3 Å². The van der Waals surface area contributed by atoms with Crippen LogP contribution in [0.1, 0.15) is 29.9 Å². The van der Waals surface area contributed by atoms with Crippen molar-refractivity contribution in [2.45, 2.75) is 37.1 Å². The molecule has 2 aliphatic rings. The quantitative estimate of drug-likeness (QED) is 0.385. The van der Waals surface area contributed by atoms with Gasteiger partial charge in [-0.2, -0.15) is 10.4 Å². The van der Waals surface area contributed by atoms with E-state index in [1.54, 1.807) is 47.4 Å². The second kappa shape index (κ2) is 11.4. The highest BCUT2D eigenvalue weighted by molar-refractivity contribution is 5.95. The molecule has 2 aromatic heterocycles. The van der Waals surface area contributed by atoms with Crippen molar-refractivity contribution in [2.75, 3.05) is 25.0 Å². The van der Waals surface area contributed by atoms with E-state index in [9.17, 15) is 24.3 Å². The number of nitrogens with one attached hydrogen (secondary N) is 1. The lowest BCUT2D eigenvalue weighted by Crippen LogP contribution is -2.52.